The third kappa shape index (κ3) is 2.86. The summed E-state index contributed by atoms with van der Waals surface area (Å²) in [6, 6.07) is 8.41. The summed E-state index contributed by atoms with van der Waals surface area (Å²) in [5, 5.41) is 0. The van der Waals surface area contributed by atoms with Crippen LogP contribution in [0.1, 0.15) is 28.4 Å². The average Bonchev–Trinajstić information content (AvgIpc) is 2.55. The standard InChI is InChI=1S/C16H17N3O2/c1-2-21-15(20)14-9-17-16(18-10-14)19-8-7-12-5-3-4-6-13(12)11-19/h3-6,9-10H,2,7-8,11H2,1H3. The topological polar surface area (TPSA) is 55.3 Å². The van der Waals surface area contributed by atoms with Gasteiger partial charge in [0.2, 0.25) is 5.95 Å². The third-order valence-electron chi connectivity index (χ3n) is 3.56. The first-order valence-electron chi connectivity index (χ1n) is 7.09. The van der Waals surface area contributed by atoms with Gasteiger partial charge in [-0.1, -0.05) is 24.3 Å². The van der Waals surface area contributed by atoms with Crippen molar-refractivity contribution in [3.8, 4) is 0 Å². The lowest BCUT2D eigenvalue weighted by Crippen LogP contribution is -2.31. The van der Waals surface area contributed by atoms with E-state index in [2.05, 4.69) is 33.1 Å². The van der Waals surface area contributed by atoms with Gasteiger partial charge in [0.05, 0.1) is 12.2 Å². The fourth-order valence-electron chi connectivity index (χ4n) is 2.47. The van der Waals surface area contributed by atoms with Gasteiger partial charge in [0.25, 0.3) is 0 Å². The van der Waals surface area contributed by atoms with Crippen molar-refractivity contribution in [3.05, 3.63) is 53.3 Å². The number of carbonyl (C=O) groups is 1. The molecule has 1 aliphatic rings. The van der Waals surface area contributed by atoms with Gasteiger partial charge in [0.15, 0.2) is 0 Å². The van der Waals surface area contributed by atoms with Gasteiger partial charge < -0.3 is 9.64 Å². The molecule has 1 aromatic carbocycles. The molecule has 2 heterocycles. The van der Waals surface area contributed by atoms with Crippen LogP contribution >= 0.6 is 0 Å². The Bertz CT molecular complexity index is 640. The Kier molecular flexibility index (Phi) is 3.81. The number of fused-ring (bicyclic) bond motifs is 1. The Balaban J connectivity index is 1.75. The van der Waals surface area contributed by atoms with E-state index in [0.29, 0.717) is 18.1 Å². The minimum atomic E-state index is -0.381. The van der Waals surface area contributed by atoms with Crippen LogP contribution in [0, 0.1) is 0 Å². The highest BCUT2D eigenvalue weighted by Crippen LogP contribution is 2.21. The lowest BCUT2D eigenvalue weighted by molar-refractivity contribution is 0.0525. The maximum absolute atomic E-state index is 11.6. The van der Waals surface area contributed by atoms with Gasteiger partial charge in [-0.3, -0.25) is 0 Å². The minimum Gasteiger partial charge on any atom is -0.462 e. The molecule has 0 N–H and O–H groups in total. The summed E-state index contributed by atoms with van der Waals surface area (Å²) < 4.78 is 4.93. The molecule has 21 heavy (non-hydrogen) atoms. The lowest BCUT2D eigenvalue weighted by Gasteiger charge is -2.28. The molecule has 0 radical (unpaired) electrons. The van der Waals surface area contributed by atoms with Crippen LogP contribution in [-0.2, 0) is 17.7 Å². The van der Waals surface area contributed by atoms with E-state index in [1.165, 1.54) is 23.5 Å². The number of hydrogen-bond donors (Lipinski definition) is 0. The van der Waals surface area contributed by atoms with Crippen molar-refractivity contribution in [2.24, 2.45) is 0 Å². The van der Waals surface area contributed by atoms with E-state index in [9.17, 15) is 4.79 Å². The van der Waals surface area contributed by atoms with Crippen molar-refractivity contribution < 1.29 is 9.53 Å². The number of rotatable bonds is 3. The van der Waals surface area contributed by atoms with E-state index in [4.69, 9.17) is 4.74 Å². The van der Waals surface area contributed by atoms with Gasteiger partial charge in [-0.2, -0.15) is 0 Å². The number of hydrogen-bond acceptors (Lipinski definition) is 5. The molecular formula is C16H17N3O2. The van der Waals surface area contributed by atoms with E-state index >= 15 is 0 Å². The van der Waals surface area contributed by atoms with Crippen molar-refractivity contribution >= 4 is 11.9 Å². The van der Waals surface area contributed by atoms with Crippen molar-refractivity contribution in [2.45, 2.75) is 19.9 Å². The van der Waals surface area contributed by atoms with E-state index in [-0.39, 0.29) is 5.97 Å². The maximum Gasteiger partial charge on any atom is 0.341 e. The van der Waals surface area contributed by atoms with Crippen LogP contribution in [0.2, 0.25) is 0 Å². The Morgan fingerprint density at radius 1 is 1.24 bits per heavy atom. The molecule has 0 atom stereocenters. The second-order valence-electron chi connectivity index (χ2n) is 4.93. The number of esters is 1. The summed E-state index contributed by atoms with van der Waals surface area (Å²) in [5.74, 6) is 0.269. The molecule has 108 valence electrons. The molecule has 0 spiro atoms. The first-order chi connectivity index (χ1) is 10.3. The Morgan fingerprint density at radius 2 is 1.95 bits per heavy atom. The minimum absolute atomic E-state index is 0.351. The normalized spacial score (nSPS) is 13.7. The third-order valence-corrected chi connectivity index (χ3v) is 3.56. The number of nitrogens with zero attached hydrogens (tertiary/aromatic N) is 3. The number of benzene rings is 1. The Hall–Kier alpha value is -2.43. The molecule has 0 unspecified atom stereocenters. The molecule has 1 aliphatic heterocycles. The molecular weight excluding hydrogens is 266 g/mol. The predicted molar refractivity (Wildman–Crippen MR) is 79.2 cm³/mol. The van der Waals surface area contributed by atoms with Crippen molar-refractivity contribution in [1.29, 1.82) is 0 Å². The van der Waals surface area contributed by atoms with Crippen LogP contribution in [0.25, 0.3) is 0 Å². The van der Waals surface area contributed by atoms with E-state index in [0.717, 1.165) is 19.5 Å². The molecule has 3 rings (SSSR count). The molecule has 0 bridgehead atoms. The Labute approximate surface area is 123 Å². The second kappa shape index (κ2) is 5.91. The number of aromatic nitrogens is 2. The van der Waals surface area contributed by atoms with Gasteiger partial charge in [0, 0.05) is 25.5 Å². The number of carbonyl (C=O) groups excluding carboxylic acids is 1. The highest BCUT2D eigenvalue weighted by atomic mass is 16.5. The molecule has 0 saturated carbocycles. The van der Waals surface area contributed by atoms with Crippen molar-refractivity contribution in [2.75, 3.05) is 18.1 Å². The fourth-order valence-corrected chi connectivity index (χ4v) is 2.47. The molecule has 1 aromatic heterocycles. The van der Waals surface area contributed by atoms with Gasteiger partial charge in [-0.15, -0.1) is 0 Å². The lowest BCUT2D eigenvalue weighted by atomic mass is 10.0. The summed E-state index contributed by atoms with van der Waals surface area (Å²) in [7, 11) is 0. The zero-order chi connectivity index (χ0) is 14.7. The average molecular weight is 283 g/mol. The van der Waals surface area contributed by atoms with Gasteiger partial charge in [-0.25, -0.2) is 14.8 Å². The summed E-state index contributed by atoms with van der Waals surface area (Å²) in [5.41, 5.74) is 3.08. The maximum atomic E-state index is 11.6. The molecule has 5 nitrogen and oxygen atoms in total. The monoisotopic (exact) mass is 283 g/mol. The SMILES string of the molecule is CCOC(=O)c1cnc(N2CCc3ccccc3C2)nc1. The predicted octanol–water partition coefficient (Wildman–Crippen LogP) is 2.22. The van der Waals surface area contributed by atoms with E-state index < -0.39 is 0 Å². The van der Waals surface area contributed by atoms with Crippen molar-refractivity contribution in [3.63, 3.8) is 0 Å². The van der Waals surface area contributed by atoms with Crippen LogP contribution in [-0.4, -0.2) is 29.1 Å². The quantitative estimate of drug-likeness (QED) is 0.808. The van der Waals surface area contributed by atoms with Crippen LogP contribution in [0.15, 0.2) is 36.7 Å². The van der Waals surface area contributed by atoms with Crippen LogP contribution in [0.3, 0.4) is 0 Å². The molecule has 2 aromatic rings. The first-order valence-corrected chi connectivity index (χ1v) is 7.09. The molecule has 0 fully saturated rings. The fraction of sp³-hybridized carbons (Fsp3) is 0.312. The van der Waals surface area contributed by atoms with Gasteiger partial charge in [-0.05, 0) is 24.5 Å². The molecule has 5 heteroatoms. The molecule has 0 aliphatic carbocycles. The molecule has 0 saturated heterocycles. The summed E-state index contributed by atoms with van der Waals surface area (Å²) in [6.45, 7) is 3.81. The van der Waals surface area contributed by atoms with Gasteiger partial charge >= 0.3 is 5.97 Å². The van der Waals surface area contributed by atoms with Crippen molar-refractivity contribution in [1.82, 2.24) is 9.97 Å². The zero-order valence-electron chi connectivity index (χ0n) is 12.0. The van der Waals surface area contributed by atoms with Gasteiger partial charge in [0.1, 0.15) is 0 Å². The highest BCUT2D eigenvalue weighted by Gasteiger charge is 2.18. The zero-order valence-corrected chi connectivity index (χ0v) is 12.0. The smallest absolute Gasteiger partial charge is 0.341 e. The number of ether oxygens (including phenoxy) is 1. The van der Waals surface area contributed by atoms with E-state index in [1.54, 1.807) is 6.92 Å². The summed E-state index contributed by atoms with van der Waals surface area (Å²) in [6.07, 6.45) is 4.04. The highest BCUT2D eigenvalue weighted by molar-refractivity contribution is 5.88. The number of anilines is 1. The summed E-state index contributed by atoms with van der Waals surface area (Å²) in [4.78, 5) is 22.3. The van der Waals surface area contributed by atoms with Crippen LogP contribution in [0.4, 0.5) is 5.95 Å². The van der Waals surface area contributed by atoms with Crippen LogP contribution in [0.5, 0.6) is 0 Å². The van der Waals surface area contributed by atoms with Crippen LogP contribution < -0.4 is 4.90 Å². The summed E-state index contributed by atoms with van der Waals surface area (Å²) >= 11 is 0. The molecule has 0 amide bonds. The second-order valence-corrected chi connectivity index (χ2v) is 4.93. The first kappa shape index (κ1) is 13.5. The van der Waals surface area contributed by atoms with E-state index in [1.807, 2.05) is 6.07 Å². The largest absolute Gasteiger partial charge is 0.462 e. The Morgan fingerprint density at radius 3 is 2.67 bits per heavy atom.